The van der Waals surface area contributed by atoms with Crippen LogP contribution in [0.5, 0.6) is 0 Å². The lowest BCUT2D eigenvalue weighted by atomic mass is 10.2. The van der Waals surface area contributed by atoms with Gasteiger partial charge in [0, 0.05) is 25.9 Å². The second-order valence-corrected chi connectivity index (χ2v) is 4.76. The van der Waals surface area contributed by atoms with E-state index in [9.17, 15) is 0 Å². The number of nitrogens with zero attached hydrogens (tertiary/aromatic N) is 2. The molecule has 0 spiro atoms. The third-order valence-corrected chi connectivity index (χ3v) is 2.96. The number of rotatable bonds is 4. The summed E-state index contributed by atoms with van der Waals surface area (Å²) in [6.07, 6.45) is 3.40. The van der Waals surface area contributed by atoms with Crippen LogP contribution in [0.25, 0.3) is 0 Å². The van der Waals surface area contributed by atoms with Gasteiger partial charge in [-0.3, -0.25) is 4.98 Å². The summed E-state index contributed by atoms with van der Waals surface area (Å²) in [6, 6.07) is 9.83. The minimum absolute atomic E-state index is 0.354. The molecule has 0 saturated heterocycles. The summed E-state index contributed by atoms with van der Waals surface area (Å²) in [4.78, 5) is 6.50. The molecule has 0 radical (unpaired) electrons. The van der Waals surface area contributed by atoms with Crippen molar-refractivity contribution in [2.75, 3.05) is 24.3 Å². The summed E-state index contributed by atoms with van der Waals surface area (Å²) in [6.45, 7) is 0. The van der Waals surface area contributed by atoms with Gasteiger partial charge in [-0.05, 0) is 18.2 Å². The van der Waals surface area contributed by atoms with E-state index in [1.54, 1.807) is 12.4 Å². The number of hydrogen-bond acceptors (Lipinski definition) is 4. The molecule has 3 N–H and O–H groups in total. The van der Waals surface area contributed by atoms with Crippen LogP contribution in [-0.2, 0) is 0 Å². The van der Waals surface area contributed by atoms with Crippen molar-refractivity contribution in [2.24, 2.45) is 5.73 Å². The van der Waals surface area contributed by atoms with Gasteiger partial charge in [0.1, 0.15) is 4.99 Å². The molecule has 1 aromatic carbocycles. The number of aromatic nitrogens is 1. The number of hydrogen-bond donors (Lipinski definition) is 2. The van der Waals surface area contributed by atoms with Crippen molar-refractivity contribution >= 4 is 34.3 Å². The molecule has 19 heavy (non-hydrogen) atoms. The second-order valence-electron chi connectivity index (χ2n) is 4.32. The summed E-state index contributed by atoms with van der Waals surface area (Å²) in [5.41, 5.74) is 9.39. The molecule has 0 atom stereocenters. The standard InChI is InChI=1S/C14H16N4S/c1-18(2)13-6-4-3-5-11(13)17-12-9-16-8-7-10(12)14(15)19/h3-9,17H,1-2H3,(H2,15,19). The van der Waals surface area contributed by atoms with Crippen LogP contribution < -0.4 is 16.0 Å². The van der Waals surface area contributed by atoms with E-state index >= 15 is 0 Å². The average molecular weight is 272 g/mol. The maximum Gasteiger partial charge on any atom is 0.106 e. The normalized spacial score (nSPS) is 10.0. The fourth-order valence-electron chi connectivity index (χ4n) is 1.82. The Hall–Kier alpha value is -2.14. The Bertz CT molecular complexity index is 596. The fourth-order valence-corrected chi connectivity index (χ4v) is 2.00. The molecule has 0 fully saturated rings. The summed E-state index contributed by atoms with van der Waals surface area (Å²) < 4.78 is 0. The predicted octanol–water partition coefficient (Wildman–Crippen LogP) is 2.53. The number of nitrogens with one attached hydrogen (secondary N) is 1. The van der Waals surface area contributed by atoms with Crippen LogP contribution in [0.15, 0.2) is 42.7 Å². The molecule has 0 bridgehead atoms. The van der Waals surface area contributed by atoms with Gasteiger partial charge in [0.05, 0.1) is 23.3 Å². The minimum Gasteiger partial charge on any atom is -0.389 e. The zero-order chi connectivity index (χ0) is 13.8. The first-order valence-corrected chi connectivity index (χ1v) is 6.27. The van der Waals surface area contributed by atoms with Crippen LogP contribution >= 0.6 is 12.2 Å². The van der Waals surface area contributed by atoms with Crippen molar-refractivity contribution in [2.45, 2.75) is 0 Å². The quantitative estimate of drug-likeness (QED) is 0.838. The third kappa shape index (κ3) is 3.00. The Kier molecular flexibility index (Phi) is 3.97. The molecule has 2 aromatic rings. The first kappa shape index (κ1) is 13.3. The Morgan fingerprint density at radius 1 is 1.21 bits per heavy atom. The third-order valence-electron chi connectivity index (χ3n) is 2.74. The zero-order valence-corrected chi connectivity index (χ0v) is 11.7. The van der Waals surface area contributed by atoms with Crippen LogP contribution in [0.2, 0.25) is 0 Å². The Labute approximate surface area is 118 Å². The Balaban J connectivity index is 2.39. The maximum atomic E-state index is 5.72. The van der Waals surface area contributed by atoms with Gasteiger partial charge >= 0.3 is 0 Å². The second kappa shape index (κ2) is 5.67. The Morgan fingerprint density at radius 2 is 1.95 bits per heavy atom. The van der Waals surface area contributed by atoms with Crippen molar-refractivity contribution in [1.82, 2.24) is 4.98 Å². The number of para-hydroxylation sites is 2. The van der Waals surface area contributed by atoms with E-state index in [-0.39, 0.29) is 0 Å². The molecule has 1 heterocycles. The van der Waals surface area contributed by atoms with E-state index in [0.29, 0.717) is 4.99 Å². The SMILES string of the molecule is CN(C)c1ccccc1Nc1cnccc1C(N)=S. The lowest BCUT2D eigenvalue weighted by molar-refractivity contribution is 1.13. The van der Waals surface area contributed by atoms with E-state index in [4.69, 9.17) is 18.0 Å². The van der Waals surface area contributed by atoms with Crippen LogP contribution in [0.1, 0.15) is 5.56 Å². The van der Waals surface area contributed by atoms with Crippen LogP contribution in [0.4, 0.5) is 17.1 Å². The van der Waals surface area contributed by atoms with Gasteiger partial charge in [-0.1, -0.05) is 24.4 Å². The molecule has 1 aromatic heterocycles. The molecule has 0 amide bonds. The lowest BCUT2D eigenvalue weighted by Crippen LogP contribution is -2.14. The first-order valence-electron chi connectivity index (χ1n) is 5.87. The summed E-state index contributed by atoms with van der Waals surface area (Å²) in [7, 11) is 4.00. The highest BCUT2D eigenvalue weighted by Gasteiger charge is 2.08. The summed E-state index contributed by atoms with van der Waals surface area (Å²) in [5, 5.41) is 3.33. The van der Waals surface area contributed by atoms with Gasteiger partial charge in [0.15, 0.2) is 0 Å². The molecule has 4 nitrogen and oxygen atoms in total. The van der Waals surface area contributed by atoms with Gasteiger partial charge < -0.3 is 16.0 Å². The van der Waals surface area contributed by atoms with Gasteiger partial charge in [0.25, 0.3) is 0 Å². The predicted molar refractivity (Wildman–Crippen MR) is 84.2 cm³/mol. The number of nitrogens with two attached hydrogens (primary N) is 1. The highest BCUT2D eigenvalue weighted by molar-refractivity contribution is 7.80. The molecule has 0 unspecified atom stereocenters. The van der Waals surface area contributed by atoms with Gasteiger partial charge in [-0.15, -0.1) is 0 Å². The summed E-state index contributed by atoms with van der Waals surface area (Å²) in [5.74, 6) is 0. The molecule has 0 aliphatic carbocycles. The number of thiocarbonyl (C=S) groups is 1. The molecule has 0 saturated carbocycles. The fraction of sp³-hybridized carbons (Fsp3) is 0.143. The highest BCUT2D eigenvalue weighted by Crippen LogP contribution is 2.28. The van der Waals surface area contributed by atoms with Crippen molar-refractivity contribution in [3.05, 3.63) is 48.3 Å². The van der Waals surface area contributed by atoms with Gasteiger partial charge in [-0.25, -0.2) is 0 Å². The smallest absolute Gasteiger partial charge is 0.106 e. The molecular weight excluding hydrogens is 256 g/mol. The minimum atomic E-state index is 0.354. The molecular formula is C14H16N4S. The van der Waals surface area contributed by atoms with Crippen molar-refractivity contribution in [1.29, 1.82) is 0 Å². The zero-order valence-electron chi connectivity index (χ0n) is 10.9. The van der Waals surface area contributed by atoms with E-state index < -0.39 is 0 Å². The van der Waals surface area contributed by atoms with E-state index in [0.717, 1.165) is 22.6 Å². The number of anilines is 3. The molecule has 98 valence electrons. The lowest BCUT2D eigenvalue weighted by Gasteiger charge is -2.19. The molecule has 0 aliphatic rings. The maximum absolute atomic E-state index is 5.72. The summed E-state index contributed by atoms with van der Waals surface area (Å²) >= 11 is 5.05. The van der Waals surface area contributed by atoms with Gasteiger partial charge in [0.2, 0.25) is 0 Å². The number of benzene rings is 1. The van der Waals surface area contributed by atoms with Crippen molar-refractivity contribution in [3.8, 4) is 0 Å². The van der Waals surface area contributed by atoms with Crippen LogP contribution in [0.3, 0.4) is 0 Å². The largest absolute Gasteiger partial charge is 0.389 e. The average Bonchev–Trinajstić information content (AvgIpc) is 2.39. The van der Waals surface area contributed by atoms with E-state index in [1.807, 2.05) is 49.3 Å². The molecule has 5 heteroatoms. The van der Waals surface area contributed by atoms with E-state index in [1.165, 1.54) is 0 Å². The number of pyridine rings is 1. The topological polar surface area (TPSA) is 54.2 Å². The van der Waals surface area contributed by atoms with Crippen LogP contribution in [-0.4, -0.2) is 24.1 Å². The van der Waals surface area contributed by atoms with Gasteiger partial charge in [-0.2, -0.15) is 0 Å². The first-order chi connectivity index (χ1) is 9.09. The monoisotopic (exact) mass is 272 g/mol. The van der Waals surface area contributed by atoms with Crippen molar-refractivity contribution in [3.63, 3.8) is 0 Å². The molecule has 2 rings (SSSR count). The highest BCUT2D eigenvalue weighted by atomic mass is 32.1. The van der Waals surface area contributed by atoms with E-state index in [2.05, 4.69) is 10.3 Å². The Morgan fingerprint density at radius 3 is 2.63 bits per heavy atom. The molecule has 0 aliphatic heterocycles. The van der Waals surface area contributed by atoms with Crippen molar-refractivity contribution < 1.29 is 0 Å². The van der Waals surface area contributed by atoms with Crippen LogP contribution in [0, 0.1) is 0 Å².